The van der Waals surface area contributed by atoms with Crippen LogP contribution in [-0.2, 0) is 71.6 Å². The van der Waals surface area contributed by atoms with Gasteiger partial charge in [0.25, 0.3) is 0 Å². The van der Waals surface area contributed by atoms with E-state index < -0.39 is 72.5 Å². The first-order valence-electron chi connectivity index (χ1n) is 52.0. The fraction of sp³-hybridized carbons (Fsp3) is 0.551. The Hall–Kier alpha value is -13.0. The molecule has 12 atom stereocenters. The number of likely N-dealkylation sites (tertiary alicyclic amines) is 4. The van der Waals surface area contributed by atoms with Gasteiger partial charge in [-0.15, -0.1) is 5.10 Å². The van der Waals surface area contributed by atoms with Gasteiger partial charge in [0.1, 0.15) is 64.7 Å². The van der Waals surface area contributed by atoms with E-state index in [4.69, 9.17) is 4.52 Å². The molecular weight excluding hydrogens is 1860 g/mol. The summed E-state index contributed by atoms with van der Waals surface area (Å²) in [6.45, 7) is 10.9. The molecule has 4 aromatic heterocycles. The first-order valence-corrected chi connectivity index (χ1v) is 52.8. The van der Waals surface area contributed by atoms with Gasteiger partial charge < -0.3 is 82.6 Å². The Balaban J connectivity index is 0.000000162. The summed E-state index contributed by atoms with van der Waals surface area (Å²) in [7, 11) is 10.5. The minimum Gasteiger partial charge on any atom is -0.343 e. The lowest BCUT2D eigenvalue weighted by Crippen LogP contribution is -2.57. The molecule has 145 heavy (non-hydrogen) atoms. The van der Waals surface area contributed by atoms with Gasteiger partial charge in [-0.25, -0.2) is 0 Å². The first-order chi connectivity index (χ1) is 70.1. The van der Waals surface area contributed by atoms with Crippen molar-refractivity contribution in [3.05, 3.63) is 139 Å². The molecule has 0 bridgehead atoms. The van der Waals surface area contributed by atoms with Crippen molar-refractivity contribution in [2.75, 3.05) is 75.6 Å². The van der Waals surface area contributed by atoms with E-state index in [-0.39, 0.29) is 100 Å². The number of benzene rings is 4. The van der Waals surface area contributed by atoms with Gasteiger partial charge in [0, 0.05) is 74.7 Å². The number of carbonyl (C=O) groups is 12. The van der Waals surface area contributed by atoms with Crippen LogP contribution in [-0.4, -0.2) is 252 Å². The molecule has 38 heteroatoms. The van der Waals surface area contributed by atoms with Crippen LogP contribution in [0.25, 0.3) is 44.9 Å². The molecule has 4 aliphatic carbocycles. The van der Waals surface area contributed by atoms with E-state index in [1.165, 1.54) is 0 Å². The Labute approximate surface area is 853 Å². The summed E-state index contributed by atoms with van der Waals surface area (Å²) < 4.78 is 12.9. The van der Waals surface area contributed by atoms with E-state index in [1.807, 2.05) is 118 Å². The van der Waals surface area contributed by atoms with Crippen molar-refractivity contribution in [3.63, 3.8) is 0 Å². The number of nitrogens with zero attached hydrogens (tertiary/aromatic N) is 12. The Morgan fingerprint density at radius 2 is 0.759 bits per heavy atom. The number of aromatic nitrogens is 7. The summed E-state index contributed by atoms with van der Waals surface area (Å²) in [5.74, 6) is -1.90. The van der Waals surface area contributed by atoms with Crippen LogP contribution in [0.5, 0.6) is 0 Å². The number of aryl methyl sites for hydroxylation is 3. The topological polar surface area (TPSA) is 473 Å². The molecule has 0 unspecified atom stereocenters. The van der Waals surface area contributed by atoms with E-state index in [1.54, 1.807) is 115 Å². The second-order valence-corrected chi connectivity index (χ2v) is 40.4. The fourth-order valence-electron chi connectivity index (χ4n) is 21.2. The van der Waals surface area contributed by atoms with Crippen LogP contribution in [0.2, 0.25) is 0 Å². The molecule has 16 rings (SSSR count). The number of carbonyl (C=O) groups excluding carboxylic acids is 12. The van der Waals surface area contributed by atoms with Crippen LogP contribution in [0.1, 0.15) is 219 Å². The number of rotatable bonds is 32. The highest BCUT2D eigenvalue weighted by atomic mass is 32.1. The van der Waals surface area contributed by atoms with Gasteiger partial charge in [0.05, 0.1) is 70.3 Å². The normalized spacial score (nSPS) is 20.0. The number of hydrogen-bond acceptors (Lipinski definition) is 24. The van der Waals surface area contributed by atoms with E-state index >= 15 is 0 Å². The highest BCUT2D eigenvalue weighted by Crippen LogP contribution is 2.40. The average molecular weight is 2010 g/mol. The van der Waals surface area contributed by atoms with Gasteiger partial charge in [-0.3, -0.25) is 72.2 Å². The maximum atomic E-state index is 13.8. The van der Waals surface area contributed by atoms with Crippen molar-refractivity contribution in [3.8, 4) is 51.0 Å². The SMILES string of the molecule is CN[C@@H](C)C(=O)N[C@H](C(=O)N1CCC[C@H]1C(=O)Nc1cn(C)nc1-c1ccccc1)C1CCCCC1.CN[C@@H](C)C(=O)N[C@H](C(=O)N1CCC[C@H]1C(=O)Nc1cnn(C)c1-c1ccccc1)C1CCCCC1.CN[C@@H](C)C(=O)N[C@H](C(=O)N1CCC[C@H]1C(=O)Nc1onc(C)c1-c1ccccc1)C1CCCCC1.CN[C@@H](C)C(=O)N[C@H](C(=O)N1CCC[C@H]1C(=O)Nc1snnc1-c1cccc(C#N)c1)C1CCCCC1. The van der Waals surface area contributed by atoms with Gasteiger partial charge in [0.15, 0.2) is 0 Å². The highest BCUT2D eigenvalue weighted by molar-refractivity contribution is 7.10. The summed E-state index contributed by atoms with van der Waals surface area (Å²) in [5, 5.41) is 62.4. The van der Waals surface area contributed by atoms with Crippen molar-refractivity contribution in [2.45, 2.75) is 287 Å². The van der Waals surface area contributed by atoms with Gasteiger partial charge in [-0.1, -0.05) is 190 Å². The van der Waals surface area contributed by atoms with Crippen molar-refractivity contribution >= 4 is 105 Å². The van der Waals surface area contributed by atoms with Crippen molar-refractivity contribution in [1.29, 1.82) is 5.26 Å². The van der Waals surface area contributed by atoms with E-state index in [2.05, 4.69) is 94.8 Å². The summed E-state index contributed by atoms with van der Waals surface area (Å²) in [4.78, 5) is 167. The van der Waals surface area contributed by atoms with Crippen molar-refractivity contribution in [2.24, 2.45) is 37.8 Å². The zero-order valence-electron chi connectivity index (χ0n) is 85.6. The minimum atomic E-state index is -0.647. The van der Waals surface area contributed by atoms with E-state index in [0.717, 1.165) is 187 Å². The Bertz CT molecular complexity index is 5450. The van der Waals surface area contributed by atoms with Gasteiger partial charge in [-0.05, 0) is 207 Å². The monoisotopic (exact) mass is 2010 g/mol. The molecule has 0 spiro atoms. The lowest BCUT2D eigenvalue weighted by molar-refractivity contribution is -0.142. The summed E-state index contributed by atoms with van der Waals surface area (Å²) in [6.07, 6.45) is 28.8. The molecule has 4 aromatic carbocycles. The smallest absolute Gasteiger partial charge is 0.249 e. The van der Waals surface area contributed by atoms with Crippen molar-refractivity contribution < 1.29 is 62.1 Å². The lowest BCUT2D eigenvalue weighted by atomic mass is 9.83. The largest absolute Gasteiger partial charge is 0.343 e. The molecule has 8 heterocycles. The number of nitrogens with one attached hydrogen (secondary N) is 12. The van der Waals surface area contributed by atoms with Crippen molar-refractivity contribution in [1.82, 2.24) is 96.4 Å². The maximum Gasteiger partial charge on any atom is 0.249 e. The number of likely N-dealkylation sites (N-methyl/N-ethyl adjacent to an activating group) is 4. The molecule has 8 aromatic rings. The zero-order valence-corrected chi connectivity index (χ0v) is 86.4. The predicted molar refractivity (Wildman–Crippen MR) is 556 cm³/mol. The third-order valence-corrected chi connectivity index (χ3v) is 30.6. The van der Waals surface area contributed by atoms with Crippen LogP contribution in [0, 0.1) is 41.9 Å². The average Bonchev–Trinajstić information content (AvgIpc) is 1.65. The van der Waals surface area contributed by atoms with Gasteiger partial charge >= 0.3 is 0 Å². The third kappa shape index (κ3) is 28.0. The Morgan fingerprint density at radius 1 is 0.407 bits per heavy atom. The van der Waals surface area contributed by atoms with E-state index in [9.17, 15) is 62.8 Å². The second-order valence-electron chi connectivity index (χ2n) is 39.6. The number of anilines is 4. The molecule has 0 radical (unpaired) electrons. The summed E-state index contributed by atoms with van der Waals surface area (Å²) in [6, 6.07) is 31.6. The van der Waals surface area contributed by atoms with Gasteiger partial charge in [-0.2, -0.15) is 15.5 Å². The maximum absolute atomic E-state index is 13.8. The van der Waals surface area contributed by atoms with Crippen LogP contribution >= 0.6 is 11.5 Å². The van der Waals surface area contributed by atoms with Crippen LogP contribution in [0.4, 0.5) is 22.3 Å². The molecule has 4 saturated carbocycles. The standard InChI is InChI=1S/2C27H38N6O3.C27H37N5O4.C26H33N7O3S/c1-18(28-2)25(34)31-23(19-11-6-4-7-12-19)27(36)33-16-10-15-22(33)26(35)30-21-17-29-32(3)24(21)20-13-8-5-9-14-20;1-18(28-2)25(34)30-24(20-13-8-5-9-14-20)27(36)33-16-10-15-22(33)26(35)29-21-17-32(3)31-23(21)19-11-6-4-7-12-19;1-17-22(19-11-6-4-7-12-19)26(36-31-17)30-25(34)21-15-10-16-32(21)27(35)23(20-13-8-5-9-14-20)29-24(33)18(2)28-3;1-16(28-2)23(34)29-22(18-9-4-3-5-10-18)26(36)33-13-7-12-20(33)24(35)30-25-21(31-32-37-25)19-11-6-8-17(14-19)15-27/h5,8-9,13-14,17-19,22-23,28H,4,6-7,10-12,15-16H2,1-3H3,(H,30,35)(H,31,34);4,6-7,11-12,17-18,20,22,24,28H,5,8-10,13-16H2,1-3H3,(H,29,35)(H,30,34);4,6-7,11-12,18,20-21,23,28H,5,8-10,13-16H2,1-3H3,(H,29,33)(H,30,34);6,8,11,14,16,18,20,22,28H,3-5,7,9-10,12-13H2,1-2H3,(H,29,34)(H,30,35)/t18-,22-,23-;18-,22-,24-;18-,21-,23-;16-,20-,22-/m0000/s1. The Kier molecular flexibility index (Phi) is 40.1. The molecule has 4 aliphatic heterocycles. The first kappa shape index (κ1) is 109. The molecule has 12 amide bonds. The quantitative estimate of drug-likeness (QED) is 0.0186. The van der Waals surface area contributed by atoms with Crippen LogP contribution < -0.4 is 63.8 Å². The fourth-order valence-corrected chi connectivity index (χ4v) is 21.8. The molecule has 12 N–H and O–H groups in total. The number of nitriles is 1. The number of amides is 12. The van der Waals surface area contributed by atoms with E-state index in [0.29, 0.717) is 103 Å². The lowest BCUT2D eigenvalue weighted by Gasteiger charge is -2.35. The highest BCUT2D eigenvalue weighted by Gasteiger charge is 2.48. The minimum absolute atomic E-state index is 0.0586. The molecule has 4 saturated heterocycles. The molecule has 8 aliphatic rings. The van der Waals surface area contributed by atoms with Crippen LogP contribution in [0.15, 0.2) is 132 Å². The summed E-state index contributed by atoms with van der Waals surface area (Å²) in [5.41, 5.74) is 8.55. The predicted octanol–water partition coefficient (Wildman–Crippen LogP) is 11.3. The number of hydrogen-bond donors (Lipinski definition) is 12. The van der Waals surface area contributed by atoms with Crippen LogP contribution in [0.3, 0.4) is 0 Å². The molecule has 8 fully saturated rings. The third-order valence-electron chi connectivity index (χ3n) is 29.9. The molecule has 778 valence electrons. The Morgan fingerprint density at radius 3 is 1.14 bits per heavy atom. The summed E-state index contributed by atoms with van der Waals surface area (Å²) >= 11 is 1.05. The van der Waals surface area contributed by atoms with Gasteiger partial charge in [0.2, 0.25) is 76.8 Å². The molecular formula is C107H146N24O13S. The second kappa shape index (κ2) is 53.2. The molecule has 37 nitrogen and oxygen atoms in total. The zero-order chi connectivity index (χ0) is 103.